The zero-order valence-corrected chi connectivity index (χ0v) is 10.3. The van der Waals surface area contributed by atoms with Gasteiger partial charge in [-0.05, 0) is 5.75 Å². The summed E-state index contributed by atoms with van der Waals surface area (Å²) < 4.78 is 30.9. The molecule has 1 aliphatic rings. The van der Waals surface area contributed by atoms with Gasteiger partial charge in [0, 0.05) is 6.92 Å². The molecule has 16 heavy (non-hydrogen) atoms. The van der Waals surface area contributed by atoms with Gasteiger partial charge in [-0.25, -0.2) is 0 Å². The van der Waals surface area contributed by atoms with Crippen LogP contribution in [-0.2, 0) is 19.9 Å². The summed E-state index contributed by atoms with van der Waals surface area (Å²) in [5, 5.41) is 1.57. The Morgan fingerprint density at radius 1 is 1.62 bits per heavy atom. The Balaban J connectivity index is 2.85. The lowest BCUT2D eigenvalue weighted by Gasteiger charge is -2.43. The minimum Gasteiger partial charge on any atom is -0.342 e. The average molecular weight is 268 g/mol. The summed E-state index contributed by atoms with van der Waals surface area (Å²) in [5.41, 5.74) is 0. The van der Waals surface area contributed by atoms with Crippen LogP contribution in [0.15, 0.2) is 0 Å². The van der Waals surface area contributed by atoms with Gasteiger partial charge in [0.25, 0.3) is 5.91 Å². The fraction of sp³-hybridized carbons (Fsp3) is 0.714. The summed E-state index contributed by atoms with van der Waals surface area (Å²) in [6, 6.07) is -0.885. The Morgan fingerprint density at radius 2 is 2.19 bits per heavy atom. The van der Waals surface area contributed by atoms with Gasteiger partial charge in [-0.15, -0.1) is 11.8 Å². The molecule has 7 nitrogen and oxygen atoms in total. The molecule has 0 saturated carbocycles. The third-order valence-electron chi connectivity index (χ3n) is 1.94. The molecule has 0 aromatic rings. The van der Waals surface area contributed by atoms with Crippen LogP contribution in [0.3, 0.4) is 0 Å². The lowest BCUT2D eigenvalue weighted by Crippen LogP contribution is -2.70. The SMILES string of the molecule is CCS[C@H]1[C@H](NC(C)=O)C(=O)N1S(=O)(=O)O. The van der Waals surface area contributed by atoms with Gasteiger partial charge in [-0.2, -0.15) is 12.7 Å². The van der Waals surface area contributed by atoms with Crippen molar-refractivity contribution in [3.63, 3.8) is 0 Å². The van der Waals surface area contributed by atoms with Crippen molar-refractivity contribution in [2.24, 2.45) is 0 Å². The Bertz CT molecular complexity index is 407. The molecule has 0 radical (unpaired) electrons. The monoisotopic (exact) mass is 268 g/mol. The molecule has 2 N–H and O–H groups in total. The van der Waals surface area contributed by atoms with Gasteiger partial charge >= 0.3 is 10.3 Å². The molecule has 1 aliphatic heterocycles. The molecule has 0 spiro atoms. The predicted molar refractivity (Wildman–Crippen MR) is 57.9 cm³/mol. The second-order valence-electron chi connectivity index (χ2n) is 3.14. The van der Waals surface area contributed by atoms with Crippen molar-refractivity contribution in [1.82, 2.24) is 9.62 Å². The van der Waals surface area contributed by atoms with Crippen LogP contribution in [0.5, 0.6) is 0 Å². The maximum Gasteiger partial charge on any atom is 0.363 e. The molecule has 2 atom stereocenters. The molecule has 0 bridgehead atoms. The number of β-lactam (4-membered cyclic amide) rings is 1. The van der Waals surface area contributed by atoms with Crippen LogP contribution >= 0.6 is 11.8 Å². The van der Waals surface area contributed by atoms with E-state index in [2.05, 4.69) is 5.32 Å². The lowest BCUT2D eigenvalue weighted by molar-refractivity contribution is -0.141. The number of nitrogens with zero attached hydrogens (tertiary/aromatic N) is 1. The Hall–Kier alpha value is -0.800. The summed E-state index contributed by atoms with van der Waals surface area (Å²) in [6.07, 6.45) is 0. The van der Waals surface area contributed by atoms with Gasteiger partial charge in [0.15, 0.2) is 0 Å². The maximum absolute atomic E-state index is 11.4. The zero-order valence-electron chi connectivity index (χ0n) is 8.71. The average Bonchev–Trinajstić information content (AvgIpc) is 2.11. The molecule has 0 aromatic carbocycles. The first kappa shape index (κ1) is 13.3. The Labute approximate surface area is 97.4 Å². The first-order chi connectivity index (χ1) is 7.29. The second kappa shape index (κ2) is 4.60. The molecule has 1 heterocycles. The first-order valence-corrected chi connectivity index (χ1v) is 6.93. The minimum atomic E-state index is -4.54. The van der Waals surface area contributed by atoms with Gasteiger partial charge in [0.05, 0.1) is 0 Å². The van der Waals surface area contributed by atoms with Gasteiger partial charge in [-0.1, -0.05) is 6.92 Å². The zero-order chi connectivity index (χ0) is 12.5. The van der Waals surface area contributed by atoms with Crippen LogP contribution in [0.1, 0.15) is 13.8 Å². The van der Waals surface area contributed by atoms with E-state index < -0.39 is 33.5 Å². The van der Waals surface area contributed by atoms with E-state index in [4.69, 9.17) is 4.55 Å². The van der Waals surface area contributed by atoms with Crippen molar-refractivity contribution in [1.29, 1.82) is 0 Å². The number of amides is 2. The third kappa shape index (κ3) is 2.47. The summed E-state index contributed by atoms with van der Waals surface area (Å²) >= 11 is 1.16. The molecule has 2 amide bonds. The molecular weight excluding hydrogens is 256 g/mol. The van der Waals surface area contributed by atoms with Crippen LogP contribution in [0.4, 0.5) is 0 Å². The van der Waals surface area contributed by atoms with Crippen molar-refractivity contribution < 1.29 is 22.6 Å². The number of carbonyl (C=O) groups excluding carboxylic acids is 2. The number of hydrogen-bond donors (Lipinski definition) is 2. The highest BCUT2D eigenvalue weighted by atomic mass is 32.2. The third-order valence-corrected chi connectivity index (χ3v) is 4.14. The second-order valence-corrected chi connectivity index (χ2v) is 5.82. The van der Waals surface area contributed by atoms with Crippen molar-refractivity contribution in [3.05, 3.63) is 0 Å². The molecule has 0 aliphatic carbocycles. The summed E-state index contributed by atoms with van der Waals surface area (Å²) in [7, 11) is -4.54. The Morgan fingerprint density at radius 3 is 2.56 bits per heavy atom. The highest BCUT2D eigenvalue weighted by molar-refractivity contribution is 8.00. The van der Waals surface area contributed by atoms with E-state index in [1.807, 2.05) is 0 Å². The molecule has 1 fully saturated rings. The molecule has 9 heteroatoms. The van der Waals surface area contributed by atoms with E-state index in [1.54, 1.807) is 6.92 Å². The largest absolute Gasteiger partial charge is 0.363 e. The minimum absolute atomic E-state index is 0.377. The van der Waals surface area contributed by atoms with Crippen LogP contribution < -0.4 is 5.32 Å². The fourth-order valence-corrected chi connectivity index (χ4v) is 3.56. The van der Waals surface area contributed by atoms with Crippen LogP contribution in [-0.4, -0.2) is 46.3 Å². The topological polar surface area (TPSA) is 104 Å². The quantitative estimate of drug-likeness (QED) is 0.512. The number of carbonyl (C=O) groups is 2. The number of thioether (sulfide) groups is 1. The van der Waals surface area contributed by atoms with Crippen molar-refractivity contribution in [3.8, 4) is 0 Å². The lowest BCUT2D eigenvalue weighted by atomic mass is 10.1. The van der Waals surface area contributed by atoms with Crippen LogP contribution in [0.2, 0.25) is 0 Å². The van der Waals surface area contributed by atoms with Crippen LogP contribution in [0, 0.1) is 0 Å². The number of hydrogen-bond acceptors (Lipinski definition) is 5. The number of nitrogens with one attached hydrogen (secondary N) is 1. The van der Waals surface area contributed by atoms with Crippen LogP contribution in [0.25, 0.3) is 0 Å². The van der Waals surface area contributed by atoms with E-state index in [1.165, 1.54) is 6.92 Å². The van der Waals surface area contributed by atoms with Gasteiger partial charge < -0.3 is 5.32 Å². The van der Waals surface area contributed by atoms with Crippen molar-refractivity contribution >= 4 is 33.9 Å². The molecule has 1 saturated heterocycles. The van der Waals surface area contributed by atoms with E-state index in [9.17, 15) is 18.0 Å². The fourth-order valence-electron chi connectivity index (χ4n) is 1.37. The predicted octanol–water partition coefficient (Wildman–Crippen LogP) is -0.785. The molecule has 1 rings (SSSR count). The maximum atomic E-state index is 11.4. The summed E-state index contributed by atoms with van der Waals surface area (Å²) in [5.74, 6) is -0.682. The summed E-state index contributed by atoms with van der Waals surface area (Å²) in [4.78, 5) is 22.2. The standard InChI is InChI=1S/C7H12N2O5S2/c1-3-15-7-5(8-4(2)10)6(11)9(7)16(12,13)14/h5,7H,3H2,1-2H3,(H,8,10)(H,12,13,14)/t5-,7+/m1/s1. The first-order valence-electron chi connectivity index (χ1n) is 4.48. The summed E-state index contributed by atoms with van der Waals surface area (Å²) in [6.45, 7) is 3.01. The van der Waals surface area contributed by atoms with Gasteiger partial charge in [0.2, 0.25) is 5.91 Å². The highest BCUT2D eigenvalue weighted by Gasteiger charge is 2.53. The molecular formula is C7H12N2O5S2. The van der Waals surface area contributed by atoms with E-state index in [0.29, 0.717) is 10.1 Å². The highest BCUT2D eigenvalue weighted by Crippen LogP contribution is 2.31. The van der Waals surface area contributed by atoms with E-state index >= 15 is 0 Å². The van der Waals surface area contributed by atoms with Crippen molar-refractivity contribution in [2.45, 2.75) is 25.3 Å². The van der Waals surface area contributed by atoms with E-state index in [0.717, 1.165) is 11.8 Å². The van der Waals surface area contributed by atoms with E-state index in [-0.39, 0.29) is 0 Å². The Kier molecular flexibility index (Phi) is 3.81. The van der Waals surface area contributed by atoms with Gasteiger partial charge in [0.1, 0.15) is 11.4 Å². The normalized spacial score (nSPS) is 25.2. The smallest absolute Gasteiger partial charge is 0.342 e. The van der Waals surface area contributed by atoms with Crippen molar-refractivity contribution in [2.75, 3.05) is 5.75 Å². The molecule has 92 valence electrons. The number of rotatable bonds is 4. The van der Waals surface area contributed by atoms with Gasteiger partial charge in [-0.3, -0.25) is 14.1 Å². The molecule has 0 unspecified atom stereocenters. The molecule has 0 aromatic heterocycles.